The molecule has 0 aliphatic heterocycles. The highest BCUT2D eigenvalue weighted by Crippen LogP contribution is 2.46. The number of carbonyl (C=O) groups is 2. The lowest BCUT2D eigenvalue weighted by atomic mass is 9.92. The summed E-state index contributed by atoms with van der Waals surface area (Å²) in [5.74, 6) is -1.37. The maximum Gasteiger partial charge on any atom is 0.320 e. The summed E-state index contributed by atoms with van der Waals surface area (Å²) < 4.78 is 67.5. The molecule has 2 atom stereocenters. The van der Waals surface area contributed by atoms with Gasteiger partial charge in [0.2, 0.25) is 20.0 Å². The smallest absolute Gasteiger partial charge is 0.320 e. The van der Waals surface area contributed by atoms with Crippen LogP contribution < -0.4 is 31.7 Å². The van der Waals surface area contributed by atoms with Crippen LogP contribution in [0.1, 0.15) is 77.6 Å². The second-order valence-corrected chi connectivity index (χ2v) is 19.9. The molecule has 0 amide bonds. The van der Waals surface area contributed by atoms with E-state index in [0.29, 0.717) is 98.4 Å². The van der Waals surface area contributed by atoms with E-state index in [0.717, 1.165) is 35.7 Å². The zero-order chi connectivity index (χ0) is 44.9. The Morgan fingerprint density at radius 1 is 0.656 bits per heavy atom. The lowest BCUT2D eigenvalue weighted by Crippen LogP contribution is -2.39. The fraction of sp³-hybridized carbons (Fsp3) is 0.581. The number of nitrogens with zero attached hydrogens (tertiary/aromatic N) is 3. The Morgan fingerprint density at radius 2 is 1.11 bits per heavy atom. The number of ether oxygens (including phenoxy) is 1. The third-order valence-electron chi connectivity index (χ3n) is 11.2. The predicted molar refractivity (Wildman–Crippen MR) is 243 cm³/mol. The van der Waals surface area contributed by atoms with Gasteiger partial charge >= 0.3 is 11.9 Å². The quantitative estimate of drug-likeness (QED) is 0.0311. The Labute approximate surface area is 361 Å². The summed E-state index contributed by atoms with van der Waals surface area (Å²) in [5, 5.41) is 28.8. The number of anilines is 1. The van der Waals surface area contributed by atoms with Gasteiger partial charge in [-0.05, 0) is 83.3 Å². The number of benzene rings is 4. The molecular weight excluding hydrogens is 823 g/mol. The normalized spacial score (nSPS) is 13.5. The van der Waals surface area contributed by atoms with Crippen LogP contribution in [0.4, 0.5) is 5.69 Å². The molecule has 2 unspecified atom stereocenters. The van der Waals surface area contributed by atoms with Crippen molar-refractivity contribution in [3.8, 4) is 5.75 Å². The lowest BCUT2D eigenvalue weighted by molar-refractivity contribution is -0.140. The molecule has 0 aliphatic rings. The topological polar surface area (TPSA) is 238 Å². The fourth-order valence-corrected chi connectivity index (χ4v) is 10.6. The van der Waals surface area contributed by atoms with E-state index in [1.165, 1.54) is 28.8 Å². The highest BCUT2D eigenvalue weighted by molar-refractivity contribution is 7.90. The van der Waals surface area contributed by atoms with Gasteiger partial charge in [0, 0.05) is 85.4 Å². The van der Waals surface area contributed by atoms with Crippen molar-refractivity contribution in [1.82, 2.24) is 19.2 Å². The second kappa shape index (κ2) is 23.0. The number of hydrogen-bond donors (Lipinski definition) is 6. The summed E-state index contributed by atoms with van der Waals surface area (Å²) >= 11 is 0. The van der Waals surface area contributed by atoms with E-state index >= 15 is 0 Å². The van der Waals surface area contributed by atoms with Gasteiger partial charge in [0.25, 0.3) is 0 Å². The molecule has 8 N–H and O–H groups in total. The van der Waals surface area contributed by atoms with Crippen molar-refractivity contribution in [2.24, 2.45) is 11.5 Å². The molecule has 0 heterocycles. The first-order valence-corrected chi connectivity index (χ1v) is 24.2. The lowest BCUT2D eigenvalue weighted by Gasteiger charge is -2.25. The van der Waals surface area contributed by atoms with E-state index in [9.17, 15) is 36.6 Å². The molecule has 0 saturated carbocycles. The molecule has 0 fully saturated rings. The molecule has 16 nitrogen and oxygen atoms in total. The SMILES string of the molecule is CCCCCOc1cc(N(C)C)c2ccc3c(S(=O)(=O)N(C)CCCNC(CCCCN)C(=O)O)cc(S(=O)(=O)N(C)CCCNC(CCCCN)C(=O)O)c4ccc1c2c43. The van der Waals surface area contributed by atoms with E-state index in [1.807, 2.05) is 37.2 Å². The van der Waals surface area contributed by atoms with E-state index in [2.05, 4.69) is 17.6 Å². The van der Waals surface area contributed by atoms with Gasteiger partial charge in [-0.15, -0.1) is 0 Å². The third-order valence-corrected chi connectivity index (χ3v) is 15.0. The van der Waals surface area contributed by atoms with Gasteiger partial charge in [0.1, 0.15) is 17.8 Å². The first-order chi connectivity index (χ1) is 29.0. The average Bonchev–Trinajstić information content (AvgIpc) is 3.22. The van der Waals surface area contributed by atoms with Crippen molar-refractivity contribution < 1.29 is 41.4 Å². The molecule has 0 aliphatic carbocycles. The van der Waals surface area contributed by atoms with Crippen LogP contribution in [0.2, 0.25) is 0 Å². The molecule has 4 rings (SSSR count). The summed E-state index contributed by atoms with van der Waals surface area (Å²) in [4.78, 5) is 25.3. The van der Waals surface area contributed by atoms with Gasteiger partial charge < -0.3 is 42.0 Å². The van der Waals surface area contributed by atoms with Crippen LogP contribution >= 0.6 is 0 Å². The maximum absolute atomic E-state index is 14.7. The number of nitrogens with one attached hydrogen (secondary N) is 2. The van der Waals surface area contributed by atoms with Gasteiger partial charge in [-0.3, -0.25) is 9.59 Å². The van der Waals surface area contributed by atoms with Crippen molar-refractivity contribution in [3.05, 3.63) is 36.4 Å². The molecule has 0 bridgehead atoms. The maximum atomic E-state index is 14.7. The summed E-state index contributed by atoms with van der Waals surface area (Å²) in [6.07, 6.45) is 6.92. The zero-order valence-electron chi connectivity index (χ0n) is 36.4. The Bertz CT molecular complexity index is 2200. The van der Waals surface area contributed by atoms with E-state index < -0.39 is 44.1 Å². The summed E-state index contributed by atoms with van der Waals surface area (Å²) in [6, 6.07) is 8.79. The Kier molecular flexibility index (Phi) is 18.8. The number of sulfonamides is 2. The number of hydrogen-bond acceptors (Lipinski definition) is 12. The second-order valence-electron chi connectivity index (χ2n) is 15.9. The number of nitrogens with two attached hydrogens (primary N) is 2. The first-order valence-electron chi connectivity index (χ1n) is 21.4. The summed E-state index contributed by atoms with van der Waals surface area (Å²) in [6.45, 7) is 4.07. The molecule has 61 heavy (non-hydrogen) atoms. The Balaban J connectivity index is 1.80. The molecule has 4 aromatic carbocycles. The zero-order valence-corrected chi connectivity index (χ0v) is 38.0. The number of aliphatic carboxylic acids is 2. The summed E-state index contributed by atoms with van der Waals surface area (Å²) in [5.41, 5.74) is 12.0. The van der Waals surface area contributed by atoms with Crippen LogP contribution in [0.5, 0.6) is 5.75 Å². The van der Waals surface area contributed by atoms with Crippen molar-refractivity contribution >= 4 is 70.0 Å². The monoisotopic (exact) mass is 889 g/mol. The largest absolute Gasteiger partial charge is 0.493 e. The van der Waals surface area contributed by atoms with Crippen LogP contribution in [0.3, 0.4) is 0 Å². The van der Waals surface area contributed by atoms with Crippen molar-refractivity contribution in [2.75, 3.05) is 79.0 Å². The van der Waals surface area contributed by atoms with Crippen LogP contribution in [-0.2, 0) is 29.6 Å². The standard InChI is InChI=1S/C43H67N7O9S2/c1-6-7-12-27-59-37-28-36(48(2)3)30-17-19-32-38(60(55,56)49(4)25-13-23-46-34(42(51)52)15-8-10-21-44)29-39(33-20-18-31(37)40(30)41(32)33)61(57,58)50(5)26-14-24-47-35(43(53)54)16-9-11-22-45/h17-20,28-29,34-35,46-47H,6-16,21-27,44-45H2,1-5H3,(H,51,52)(H,53,54). The molecule has 18 heteroatoms. The molecule has 4 aromatic rings. The Hall–Kier alpha value is -3.88. The van der Waals surface area contributed by atoms with Gasteiger partial charge in [-0.25, -0.2) is 25.4 Å². The average molecular weight is 890 g/mol. The highest BCUT2D eigenvalue weighted by Gasteiger charge is 2.32. The van der Waals surface area contributed by atoms with Crippen LogP contribution in [0.15, 0.2) is 46.2 Å². The van der Waals surface area contributed by atoms with Gasteiger partial charge in [-0.1, -0.05) is 50.8 Å². The number of carboxylic acids is 2. The number of unbranched alkanes of at least 4 members (excludes halogenated alkanes) is 4. The van der Waals surface area contributed by atoms with Crippen LogP contribution in [0.25, 0.3) is 32.3 Å². The molecule has 0 spiro atoms. The number of carboxylic acid groups (broad SMARTS) is 2. The van der Waals surface area contributed by atoms with Crippen molar-refractivity contribution in [1.29, 1.82) is 0 Å². The minimum absolute atomic E-state index is 0.0333. The van der Waals surface area contributed by atoms with Crippen LogP contribution in [0, 0.1) is 0 Å². The van der Waals surface area contributed by atoms with E-state index in [4.69, 9.17) is 16.2 Å². The highest BCUT2D eigenvalue weighted by atomic mass is 32.2. The number of rotatable bonds is 30. The molecule has 0 saturated heterocycles. The van der Waals surface area contributed by atoms with Crippen molar-refractivity contribution in [3.63, 3.8) is 0 Å². The molecule has 340 valence electrons. The van der Waals surface area contributed by atoms with E-state index in [1.54, 1.807) is 12.1 Å². The molecule has 0 radical (unpaired) electrons. The minimum atomic E-state index is -4.34. The fourth-order valence-electron chi connectivity index (χ4n) is 7.67. The van der Waals surface area contributed by atoms with Gasteiger partial charge in [0.05, 0.1) is 16.4 Å². The minimum Gasteiger partial charge on any atom is -0.493 e. The third kappa shape index (κ3) is 12.2. The van der Waals surface area contributed by atoms with Crippen LogP contribution in [-0.4, -0.2) is 134 Å². The molecule has 0 aromatic heterocycles. The molecular formula is C43H67N7O9S2. The predicted octanol–water partition coefficient (Wildman–Crippen LogP) is 4.58. The van der Waals surface area contributed by atoms with Gasteiger partial charge in [0.15, 0.2) is 0 Å². The Morgan fingerprint density at radius 3 is 1.56 bits per heavy atom. The summed E-state index contributed by atoms with van der Waals surface area (Å²) in [7, 11) is -1.99. The van der Waals surface area contributed by atoms with E-state index in [-0.39, 0.29) is 36.0 Å². The van der Waals surface area contributed by atoms with Gasteiger partial charge in [-0.2, -0.15) is 0 Å². The first kappa shape index (κ1) is 49.8. The van der Waals surface area contributed by atoms with Crippen molar-refractivity contribution in [2.45, 2.75) is 99.4 Å².